The van der Waals surface area contributed by atoms with Crippen molar-refractivity contribution in [2.75, 3.05) is 6.61 Å². The van der Waals surface area contributed by atoms with E-state index in [9.17, 15) is 4.79 Å². The number of hydrogen-bond acceptors (Lipinski definition) is 3. The second-order valence-electron chi connectivity index (χ2n) is 4.31. The summed E-state index contributed by atoms with van der Waals surface area (Å²) in [5.74, 6) is -0.527. The van der Waals surface area contributed by atoms with E-state index < -0.39 is 14.3 Å². The van der Waals surface area contributed by atoms with Crippen molar-refractivity contribution in [3.8, 4) is 0 Å². The molecule has 0 atom stereocenters. The van der Waals surface area contributed by atoms with Crippen molar-refractivity contribution in [3.05, 3.63) is 24.2 Å². The van der Waals surface area contributed by atoms with Crippen molar-refractivity contribution in [3.63, 3.8) is 0 Å². The van der Waals surface area contributed by atoms with Crippen molar-refractivity contribution in [1.82, 2.24) is 0 Å². The summed E-state index contributed by atoms with van der Waals surface area (Å²) in [6.45, 7) is 12.1. The molecule has 0 radical (unpaired) electrons. The summed E-state index contributed by atoms with van der Waals surface area (Å²) in [6.07, 6.45) is 1.28. The first kappa shape index (κ1) is 14.8. The molecular formula is C11H20O4Si. The summed E-state index contributed by atoms with van der Waals surface area (Å²) in [5.41, 5.74) is 0.483. The first-order valence-corrected chi connectivity index (χ1v) is 8.58. The van der Waals surface area contributed by atoms with Crippen LogP contribution in [0.1, 0.15) is 13.3 Å². The van der Waals surface area contributed by atoms with Gasteiger partial charge >= 0.3 is 5.97 Å². The standard InChI is InChI=1S/C11H20O4Si/c1-6-14-8-10(7-11(12)13)9(2)15-16(3,4)5/h8H,2,6-7H2,1,3-5H3,(H,12,13). The molecule has 5 heteroatoms. The molecule has 0 unspecified atom stereocenters. The van der Waals surface area contributed by atoms with E-state index in [2.05, 4.69) is 6.58 Å². The van der Waals surface area contributed by atoms with Gasteiger partial charge in [-0.05, 0) is 26.6 Å². The van der Waals surface area contributed by atoms with E-state index in [-0.39, 0.29) is 6.42 Å². The van der Waals surface area contributed by atoms with Gasteiger partial charge in [0, 0.05) is 5.57 Å². The monoisotopic (exact) mass is 244 g/mol. The normalized spacial score (nSPS) is 12.1. The van der Waals surface area contributed by atoms with Crippen LogP contribution in [0.4, 0.5) is 0 Å². The molecular weight excluding hydrogens is 224 g/mol. The maximum absolute atomic E-state index is 10.7. The molecule has 0 aromatic carbocycles. The zero-order valence-corrected chi connectivity index (χ0v) is 11.4. The Morgan fingerprint density at radius 2 is 2.00 bits per heavy atom. The van der Waals surface area contributed by atoms with Crippen LogP contribution in [-0.4, -0.2) is 26.0 Å². The highest BCUT2D eigenvalue weighted by Crippen LogP contribution is 2.19. The Labute approximate surface area is 97.7 Å². The van der Waals surface area contributed by atoms with Gasteiger partial charge in [0.15, 0.2) is 0 Å². The van der Waals surface area contributed by atoms with E-state index in [4.69, 9.17) is 14.3 Å². The van der Waals surface area contributed by atoms with E-state index >= 15 is 0 Å². The molecule has 0 spiro atoms. The van der Waals surface area contributed by atoms with Crippen LogP contribution in [-0.2, 0) is 14.0 Å². The smallest absolute Gasteiger partial charge is 0.308 e. The van der Waals surface area contributed by atoms with Gasteiger partial charge in [-0.25, -0.2) is 0 Å². The summed E-state index contributed by atoms with van der Waals surface area (Å²) >= 11 is 0. The molecule has 0 amide bonds. The highest BCUT2D eigenvalue weighted by atomic mass is 28.4. The Hall–Kier alpha value is -1.23. The molecule has 0 aliphatic heterocycles. The molecule has 0 aromatic rings. The predicted molar refractivity (Wildman–Crippen MR) is 65.5 cm³/mol. The molecule has 4 nitrogen and oxygen atoms in total. The zero-order chi connectivity index (χ0) is 12.8. The fraction of sp³-hybridized carbons (Fsp3) is 0.545. The quantitative estimate of drug-likeness (QED) is 0.425. The first-order valence-electron chi connectivity index (χ1n) is 5.17. The van der Waals surface area contributed by atoms with Crippen molar-refractivity contribution in [2.45, 2.75) is 33.0 Å². The molecule has 0 rings (SSSR count). The fourth-order valence-electron chi connectivity index (χ4n) is 0.988. The van der Waals surface area contributed by atoms with E-state index in [1.807, 2.05) is 26.6 Å². The zero-order valence-electron chi connectivity index (χ0n) is 10.4. The lowest BCUT2D eigenvalue weighted by Crippen LogP contribution is -2.25. The SMILES string of the molecule is C=C(O[Si](C)(C)C)C(=COCC)CC(=O)O. The number of carbonyl (C=O) groups is 1. The average molecular weight is 244 g/mol. The molecule has 0 fully saturated rings. The van der Waals surface area contributed by atoms with Crippen LogP contribution in [0.25, 0.3) is 0 Å². The lowest BCUT2D eigenvalue weighted by atomic mass is 10.2. The van der Waals surface area contributed by atoms with Crippen LogP contribution in [0.15, 0.2) is 24.2 Å². The van der Waals surface area contributed by atoms with Gasteiger partial charge in [-0.2, -0.15) is 0 Å². The maximum atomic E-state index is 10.7. The van der Waals surface area contributed by atoms with Gasteiger partial charge < -0.3 is 14.3 Å². The molecule has 16 heavy (non-hydrogen) atoms. The van der Waals surface area contributed by atoms with Gasteiger partial charge in [0.2, 0.25) is 8.32 Å². The molecule has 92 valence electrons. The highest BCUT2D eigenvalue weighted by Gasteiger charge is 2.20. The number of ether oxygens (including phenoxy) is 1. The van der Waals surface area contributed by atoms with Crippen molar-refractivity contribution in [1.29, 1.82) is 0 Å². The second-order valence-corrected chi connectivity index (χ2v) is 8.74. The Bertz CT molecular complexity index is 289. The van der Waals surface area contributed by atoms with E-state index in [0.717, 1.165) is 0 Å². The Balaban J connectivity index is 4.63. The van der Waals surface area contributed by atoms with Gasteiger partial charge in [-0.15, -0.1) is 0 Å². The predicted octanol–water partition coefficient (Wildman–Crippen LogP) is 2.75. The van der Waals surface area contributed by atoms with Crippen molar-refractivity contribution >= 4 is 14.3 Å². The molecule has 0 bridgehead atoms. The van der Waals surface area contributed by atoms with Gasteiger partial charge in [0.25, 0.3) is 0 Å². The number of allylic oxidation sites excluding steroid dienone is 1. The Kier molecular flexibility index (Phi) is 5.88. The third-order valence-electron chi connectivity index (χ3n) is 1.52. The largest absolute Gasteiger partial charge is 0.544 e. The molecule has 0 aliphatic carbocycles. The number of hydrogen-bond donors (Lipinski definition) is 1. The third kappa shape index (κ3) is 7.11. The molecule has 0 saturated heterocycles. The van der Waals surface area contributed by atoms with Gasteiger partial charge in [-0.3, -0.25) is 4.79 Å². The average Bonchev–Trinajstić information content (AvgIpc) is 2.08. The minimum absolute atomic E-state index is 0.136. The van der Waals surface area contributed by atoms with E-state index in [1.165, 1.54) is 6.26 Å². The summed E-state index contributed by atoms with van der Waals surface area (Å²) in [6, 6.07) is 0. The van der Waals surface area contributed by atoms with Gasteiger partial charge in [0.05, 0.1) is 19.3 Å². The fourth-order valence-corrected chi connectivity index (χ4v) is 1.86. The first-order chi connectivity index (χ1) is 7.26. The van der Waals surface area contributed by atoms with Crippen LogP contribution in [0.5, 0.6) is 0 Å². The summed E-state index contributed by atoms with van der Waals surface area (Å²) in [5, 5.41) is 8.75. The minimum atomic E-state index is -1.76. The minimum Gasteiger partial charge on any atom is -0.544 e. The topological polar surface area (TPSA) is 55.8 Å². The molecule has 0 saturated carbocycles. The Morgan fingerprint density at radius 3 is 2.38 bits per heavy atom. The van der Waals surface area contributed by atoms with E-state index in [0.29, 0.717) is 17.9 Å². The molecule has 1 N–H and O–H groups in total. The summed E-state index contributed by atoms with van der Waals surface area (Å²) < 4.78 is 10.7. The van der Waals surface area contributed by atoms with Gasteiger partial charge in [0.1, 0.15) is 5.76 Å². The number of carboxylic acid groups (broad SMARTS) is 1. The molecule has 0 heterocycles. The molecule has 0 aromatic heterocycles. The van der Waals surface area contributed by atoms with Gasteiger partial charge in [-0.1, -0.05) is 6.58 Å². The number of aliphatic carboxylic acids is 1. The van der Waals surface area contributed by atoms with Crippen LogP contribution in [0.2, 0.25) is 19.6 Å². The lowest BCUT2D eigenvalue weighted by molar-refractivity contribution is -0.136. The van der Waals surface area contributed by atoms with Crippen LogP contribution in [0.3, 0.4) is 0 Å². The van der Waals surface area contributed by atoms with Crippen LogP contribution >= 0.6 is 0 Å². The van der Waals surface area contributed by atoms with Crippen LogP contribution < -0.4 is 0 Å². The number of carboxylic acids is 1. The summed E-state index contributed by atoms with van der Waals surface area (Å²) in [7, 11) is -1.76. The Morgan fingerprint density at radius 1 is 1.44 bits per heavy atom. The maximum Gasteiger partial charge on any atom is 0.308 e. The number of rotatable bonds is 7. The third-order valence-corrected chi connectivity index (χ3v) is 2.38. The van der Waals surface area contributed by atoms with E-state index in [1.54, 1.807) is 0 Å². The van der Waals surface area contributed by atoms with Crippen LogP contribution in [0, 0.1) is 0 Å². The second kappa shape index (κ2) is 6.37. The highest BCUT2D eigenvalue weighted by molar-refractivity contribution is 6.70. The molecule has 0 aliphatic rings. The lowest BCUT2D eigenvalue weighted by Gasteiger charge is -2.22. The van der Waals surface area contributed by atoms with Crippen molar-refractivity contribution in [2.24, 2.45) is 0 Å². The summed E-state index contributed by atoms with van der Waals surface area (Å²) in [4.78, 5) is 10.7. The van der Waals surface area contributed by atoms with Crippen molar-refractivity contribution < 1.29 is 19.1 Å².